The van der Waals surface area contributed by atoms with Crippen LogP contribution in [0, 0.1) is 17.3 Å². The van der Waals surface area contributed by atoms with Crippen LogP contribution in [0.5, 0.6) is 0 Å². The van der Waals surface area contributed by atoms with E-state index in [1.807, 2.05) is 13.8 Å². The molecular weight excluding hydrogens is 266 g/mol. The van der Waals surface area contributed by atoms with E-state index < -0.39 is 21.4 Å². The van der Waals surface area contributed by atoms with Gasteiger partial charge in [0.15, 0.2) is 0 Å². The summed E-state index contributed by atoms with van der Waals surface area (Å²) in [5.74, 6) is -0.635. The lowest BCUT2D eigenvalue weighted by molar-refractivity contribution is -0.152. The van der Waals surface area contributed by atoms with E-state index in [4.69, 9.17) is 0 Å². The van der Waals surface area contributed by atoms with Gasteiger partial charge in [-0.15, -0.1) is 0 Å². The molecule has 0 saturated carbocycles. The third kappa shape index (κ3) is 3.92. The Hall–Kier alpha value is -0.620. The fourth-order valence-electron chi connectivity index (χ4n) is 2.66. The van der Waals surface area contributed by atoms with Crippen molar-refractivity contribution in [1.82, 2.24) is 4.31 Å². The minimum Gasteiger partial charge on any atom is -0.481 e. The topological polar surface area (TPSA) is 74.7 Å². The summed E-state index contributed by atoms with van der Waals surface area (Å²) in [4.78, 5) is 11.5. The smallest absolute Gasteiger partial charge is 0.309 e. The van der Waals surface area contributed by atoms with Gasteiger partial charge >= 0.3 is 5.97 Å². The molecule has 2 unspecified atom stereocenters. The molecule has 1 aliphatic heterocycles. The molecule has 1 rings (SSSR count). The molecule has 0 aromatic rings. The quantitative estimate of drug-likeness (QED) is 0.838. The van der Waals surface area contributed by atoms with Gasteiger partial charge in [0.2, 0.25) is 10.0 Å². The summed E-state index contributed by atoms with van der Waals surface area (Å²) in [6.45, 7) is 6.59. The highest BCUT2D eigenvalue weighted by Gasteiger charge is 2.40. The molecule has 0 bridgehead atoms. The van der Waals surface area contributed by atoms with Crippen molar-refractivity contribution < 1.29 is 18.3 Å². The van der Waals surface area contributed by atoms with Gasteiger partial charge in [-0.3, -0.25) is 4.79 Å². The Morgan fingerprint density at radius 1 is 1.47 bits per heavy atom. The maximum atomic E-state index is 11.6. The number of sulfonamides is 1. The Kier molecular flexibility index (Phi) is 5.01. The van der Waals surface area contributed by atoms with Gasteiger partial charge in [0.05, 0.1) is 11.7 Å². The van der Waals surface area contributed by atoms with Crippen molar-refractivity contribution in [3.8, 4) is 0 Å². The molecule has 6 heteroatoms. The van der Waals surface area contributed by atoms with Crippen LogP contribution < -0.4 is 0 Å². The van der Waals surface area contributed by atoms with Crippen LogP contribution in [0.2, 0.25) is 0 Å². The Morgan fingerprint density at radius 2 is 2.05 bits per heavy atom. The molecular formula is C13H25NO4S. The fourth-order valence-corrected chi connectivity index (χ4v) is 3.61. The average Bonchev–Trinajstić information content (AvgIpc) is 2.27. The minimum absolute atomic E-state index is 0.0265. The number of carboxylic acid groups (broad SMARTS) is 1. The third-order valence-corrected chi connectivity index (χ3v) is 5.70. The molecule has 0 aromatic heterocycles. The number of rotatable bonds is 5. The summed E-state index contributed by atoms with van der Waals surface area (Å²) in [7, 11) is -3.17. The zero-order valence-corrected chi connectivity index (χ0v) is 13.0. The first-order chi connectivity index (χ1) is 8.57. The first-order valence-corrected chi connectivity index (χ1v) is 8.60. The largest absolute Gasteiger partial charge is 0.481 e. The Morgan fingerprint density at radius 3 is 2.47 bits per heavy atom. The van der Waals surface area contributed by atoms with Gasteiger partial charge in [-0.2, -0.15) is 0 Å². The number of hydrogen-bond acceptors (Lipinski definition) is 3. The van der Waals surface area contributed by atoms with Crippen molar-refractivity contribution >= 4 is 16.0 Å². The molecule has 2 atom stereocenters. The van der Waals surface area contributed by atoms with Crippen LogP contribution in [0.4, 0.5) is 0 Å². The molecule has 0 aliphatic carbocycles. The lowest BCUT2D eigenvalue weighted by Crippen LogP contribution is -2.43. The van der Waals surface area contributed by atoms with Crippen LogP contribution in [-0.4, -0.2) is 43.1 Å². The van der Waals surface area contributed by atoms with Gasteiger partial charge in [-0.05, 0) is 38.0 Å². The van der Waals surface area contributed by atoms with Crippen molar-refractivity contribution in [1.29, 1.82) is 0 Å². The van der Waals surface area contributed by atoms with E-state index in [0.717, 1.165) is 12.8 Å². The number of nitrogens with zero attached hydrogens (tertiary/aromatic N) is 1. The van der Waals surface area contributed by atoms with Crippen LogP contribution in [0.1, 0.15) is 40.0 Å². The van der Waals surface area contributed by atoms with Crippen LogP contribution in [-0.2, 0) is 14.8 Å². The molecule has 1 N–H and O–H groups in total. The molecule has 112 valence electrons. The second kappa shape index (κ2) is 5.79. The van der Waals surface area contributed by atoms with Gasteiger partial charge in [0.1, 0.15) is 0 Å². The standard InChI is InChI=1S/C13H25NO4S/c1-10(2)13(3,12(15)16)8-11-6-5-7-14(9-11)19(4,17)18/h10-11H,5-9H2,1-4H3,(H,15,16). The second-order valence-corrected chi connectivity index (χ2v) is 8.19. The molecule has 1 fully saturated rings. The zero-order valence-electron chi connectivity index (χ0n) is 12.2. The summed E-state index contributed by atoms with van der Waals surface area (Å²) in [5, 5.41) is 9.43. The summed E-state index contributed by atoms with van der Waals surface area (Å²) in [6, 6.07) is 0. The van der Waals surface area contributed by atoms with Crippen molar-refractivity contribution in [2.24, 2.45) is 17.3 Å². The molecule has 1 heterocycles. The molecule has 0 aromatic carbocycles. The van der Waals surface area contributed by atoms with Gasteiger partial charge in [0, 0.05) is 13.1 Å². The zero-order chi connectivity index (χ0) is 14.8. The summed E-state index contributed by atoms with van der Waals surface area (Å²) in [6.07, 6.45) is 3.47. The highest BCUT2D eigenvalue weighted by molar-refractivity contribution is 7.88. The third-order valence-electron chi connectivity index (χ3n) is 4.43. The van der Waals surface area contributed by atoms with E-state index in [0.29, 0.717) is 19.5 Å². The maximum absolute atomic E-state index is 11.6. The van der Waals surface area contributed by atoms with Crippen LogP contribution >= 0.6 is 0 Å². The second-order valence-electron chi connectivity index (χ2n) is 6.21. The molecule has 0 spiro atoms. The minimum atomic E-state index is -3.17. The average molecular weight is 291 g/mol. The van der Waals surface area contributed by atoms with Crippen LogP contribution in [0.15, 0.2) is 0 Å². The van der Waals surface area contributed by atoms with Gasteiger partial charge in [-0.1, -0.05) is 13.8 Å². The highest BCUT2D eigenvalue weighted by atomic mass is 32.2. The summed E-state index contributed by atoms with van der Waals surface area (Å²) >= 11 is 0. The first kappa shape index (κ1) is 16.4. The first-order valence-electron chi connectivity index (χ1n) is 6.76. The predicted molar refractivity (Wildman–Crippen MR) is 74.3 cm³/mol. The van der Waals surface area contributed by atoms with E-state index in [1.165, 1.54) is 10.6 Å². The van der Waals surface area contributed by atoms with Gasteiger partial charge in [0.25, 0.3) is 0 Å². The molecule has 1 saturated heterocycles. The van der Waals surface area contributed by atoms with Gasteiger partial charge in [-0.25, -0.2) is 12.7 Å². The number of piperidine rings is 1. The lowest BCUT2D eigenvalue weighted by atomic mass is 9.71. The molecule has 1 aliphatic rings. The fraction of sp³-hybridized carbons (Fsp3) is 0.923. The molecule has 0 amide bonds. The van der Waals surface area contributed by atoms with Crippen molar-refractivity contribution in [2.75, 3.05) is 19.3 Å². The Labute approximate surface area is 116 Å². The van der Waals surface area contributed by atoms with Crippen molar-refractivity contribution in [3.63, 3.8) is 0 Å². The Balaban J connectivity index is 2.79. The Bertz CT molecular complexity index is 432. The van der Waals surface area contributed by atoms with E-state index in [9.17, 15) is 18.3 Å². The maximum Gasteiger partial charge on any atom is 0.309 e. The summed E-state index contributed by atoms with van der Waals surface area (Å²) < 4.78 is 24.6. The number of hydrogen-bond donors (Lipinski definition) is 1. The number of aliphatic carboxylic acids is 1. The van der Waals surface area contributed by atoms with E-state index in [2.05, 4.69) is 0 Å². The molecule has 5 nitrogen and oxygen atoms in total. The van der Waals surface area contributed by atoms with E-state index in [-0.39, 0.29) is 11.8 Å². The van der Waals surface area contributed by atoms with Crippen LogP contribution in [0.3, 0.4) is 0 Å². The van der Waals surface area contributed by atoms with E-state index in [1.54, 1.807) is 6.92 Å². The summed E-state index contributed by atoms with van der Waals surface area (Å²) in [5.41, 5.74) is -0.787. The number of carboxylic acids is 1. The monoisotopic (exact) mass is 291 g/mol. The van der Waals surface area contributed by atoms with E-state index >= 15 is 0 Å². The van der Waals surface area contributed by atoms with Crippen molar-refractivity contribution in [2.45, 2.75) is 40.0 Å². The SMILES string of the molecule is CC(C)C(C)(CC1CCCN(S(C)(=O)=O)C1)C(=O)O. The number of carbonyl (C=O) groups is 1. The predicted octanol–water partition coefficient (Wildman–Crippen LogP) is 1.79. The molecule has 0 radical (unpaired) electrons. The highest BCUT2D eigenvalue weighted by Crippen LogP contribution is 2.37. The van der Waals surface area contributed by atoms with Crippen LogP contribution in [0.25, 0.3) is 0 Å². The van der Waals surface area contributed by atoms with Gasteiger partial charge < -0.3 is 5.11 Å². The van der Waals surface area contributed by atoms with Crippen molar-refractivity contribution in [3.05, 3.63) is 0 Å². The normalized spacial score (nSPS) is 25.2. The molecule has 19 heavy (non-hydrogen) atoms. The lowest BCUT2D eigenvalue weighted by Gasteiger charge is -2.37.